The van der Waals surface area contributed by atoms with Gasteiger partial charge in [0.2, 0.25) is 10.0 Å². The highest BCUT2D eigenvalue weighted by Crippen LogP contribution is 2.16. The molecule has 146 valence electrons. The van der Waals surface area contributed by atoms with Crippen molar-refractivity contribution in [3.05, 3.63) is 59.7 Å². The summed E-state index contributed by atoms with van der Waals surface area (Å²) in [5, 5.41) is 2.81. The molecule has 0 atom stereocenters. The van der Waals surface area contributed by atoms with E-state index in [0.717, 1.165) is 12.0 Å². The third-order valence-corrected chi connectivity index (χ3v) is 5.57. The van der Waals surface area contributed by atoms with Crippen LogP contribution in [0.15, 0.2) is 48.5 Å². The van der Waals surface area contributed by atoms with Crippen molar-refractivity contribution >= 4 is 27.4 Å². The Labute approximate surface area is 161 Å². The molecule has 0 unspecified atom stereocenters. The molecule has 0 aliphatic heterocycles. The first-order chi connectivity index (χ1) is 12.8. The SMILES string of the molecule is CCCS(=O)(=O)Nc1ccc(NC(=O)N(C)Cc2ccc(CC)cc2)cc1. The smallest absolute Gasteiger partial charge is 0.321 e. The van der Waals surface area contributed by atoms with Gasteiger partial charge in [-0.15, -0.1) is 0 Å². The molecule has 2 aromatic rings. The number of anilines is 2. The van der Waals surface area contributed by atoms with Gasteiger partial charge >= 0.3 is 6.03 Å². The Kier molecular flexibility index (Phi) is 7.24. The number of benzene rings is 2. The number of carbonyl (C=O) groups excluding carboxylic acids is 1. The molecule has 27 heavy (non-hydrogen) atoms. The van der Waals surface area contributed by atoms with Gasteiger partial charge in [-0.25, -0.2) is 13.2 Å². The molecule has 0 spiro atoms. The molecule has 0 saturated heterocycles. The molecule has 0 radical (unpaired) electrons. The lowest BCUT2D eigenvalue weighted by Crippen LogP contribution is -2.30. The van der Waals surface area contributed by atoms with E-state index < -0.39 is 10.0 Å². The van der Waals surface area contributed by atoms with Crippen LogP contribution in [0.25, 0.3) is 0 Å². The second-order valence-electron chi connectivity index (χ2n) is 6.45. The van der Waals surface area contributed by atoms with E-state index in [1.165, 1.54) is 5.56 Å². The summed E-state index contributed by atoms with van der Waals surface area (Å²) < 4.78 is 26.1. The molecule has 2 aromatic carbocycles. The third kappa shape index (κ3) is 6.60. The summed E-state index contributed by atoms with van der Waals surface area (Å²) >= 11 is 0. The van der Waals surface area contributed by atoms with Gasteiger partial charge in [0.1, 0.15) is 0 Å². The molecule has 2 N–H and O–H groups in total. The molecule has 0 aromatic heterocycles. The lowest BCUT2D eigenvalue weighted by Gasteiger charge is -2.18. The van der Waals surface area contributed by atoms with Crippen molar-refractivity contribution < 1.29 is 13.2 Å². The van der Waals surface area contributed by atoms with Crippen molar-refractivity contribution in [2.45, 2.75) is 33.2 Å². The minimum absolute atomic E-state index is 0.0789. The number of urea groups is 1. The summed E-state index contributed by atoms with van der Waals surface area (Å²) in [6.07, 6.45) is 1.54. The Morgan fingerprint density at radius 2 is 1.48 bits per heavy atom. The number of amides is 2. The highest BCUT2D eigenvalue weighted by atomic mass is 32.2. The quantitative estimate of drug-likeness (QED) is 0.714. The molecule has 2 rings (SSSR count). The van der Waals surface area contributed by atoms with Crippen LogP contribution < -0.4 is 10.0 Å². The summed E-state index contributed by atoms with van der Waals surface area (Å²) in [4.78, 5) is 13.9. The van der Waals surface area contributed by atoms with Crippen LogP contribution in [0.4, 0.5) is 16.2 Å². The van der Waals surface area contributed by atoms with Gasteiger partial charge in [0, 0.05) is 25.0 Å². The molecule has 0 aliphatic carbocycles. The molecule has 0 heterocycles. The fourth-order valence-corrected chi connectivity index (χ4v) is 3.70. The number of aryl methyl sites for hydroxylation is 1. The topological polar surface area (TPSA) is 78.5 Å². The normalized spacial score (nSPS) is 11.1. The van der Waals surface area contributed by atoms with Crippen LogP contribution in [-0.2, 0) is 23.0 Å². The summed E-state index contributed by atoms with van der Waals surface area (Å²) in [7, 11) is -1.59. The largest absolute Gasteiger partial charge is 0.323 e. The Hall–Kier alpha value is -2.54. The zero-order chi connectivity index (χ0) is 19.9. The van der Waals surface area contributed by atoms with E-state index in [4.69, 9.17) is 0 Å². The van der Waals surface area contributed by atoms with Crippen molar-refractivity contribution in [3.8, 4) is 0 Å². The molecular formula is C20H27N3O3S. The maximum Gasteiger partial charge on any atom is 0.321 e. The zero-order valence-electron chi connectivity index (χ0n) is 16.0. The van der Waals surface area contributed by atoms with E-state index >= 15 is 0 Å². The van der Waals surface area contributed by atoms with E-state index in [-0.39, 0.29) is 11.8 Å². The van der Waals surface area contributed by atoms with E-state index in [1.54, 1.807) is 36.2 Å². The van der Waals surface area contributed by atoms with Gasteiger partial charge in [-0.1, -0.05) is 38.1 Å². The number of nitrogens with zero attached hydrogens (tertiary/aromatic N) is 1. The lowest BCUT2D eigenvalue weighted by molar-refractivity contribution is 0.220. The lowest BCUT2D eigenvalue weighted by atomic mass is 10.1. The summed E-state index contributed by atoms with van der Waals surface area (Å²) in [5.41, 5.74) is 3.41. The predicted octanol–water partition coefficient (Wildman–Crippen LogP) is 4.06. The molecule has 0 fully saturated rings. The molecule has 2 amide bonds. The van der Waals surface area contributed by atoms with Crippen molar-refractivity contribution in [2.24, 2.45) is 0 Å². The highest BCUT2D eigenvalue weighted by Gasteiger charge is 2.11. The van der Waals surface area contributed by atoms with Crippen LogP contribution >= 0.6 is 0 Å². The highest BCUT2D eigenvalue weighted by molar-refractivity contribution is 7.92. The van der Waals surface area contributed by atoms with Crippen LogP contribution in [0.3, 0.4) is 0 Å². The monoisotopic (exact) mass is 389 g/mol. The average molecular weight is 390 g/mol. The van der Waals surface area contributed by atoms with Gasteiger partial charge in [-0.05, 0) is 48.2 Å². The number of sulfonamides is 1. The van der Waals surface area contributed by atoms with E-state index in [0.29, 0.717) is 24.3 Å². The summed E-state index contributed by atoms with van der Waals surface area (Å²) in [5.74, 6) is 0.0789. The fourth-order valence-electron chi connectivity index (χ4n) is 2.57. The molecule has 6 nitrogen and oxygen atoms in total. The van der Waals surface area contributed by atoms with Crippen molar-refractivity contribution in [3.63, 3.8) is 0 Å². The van der Waals surface area contributed by atoms with Gasteiger partial charge < -0.3 is 10.2 Å². The first kappa shape index (κ1) is 20.8. The number of carbonyl (C=O) groups is 1. The summed E-state index contributed by atoms with van der Waals surface area (Å²) in [6, 6.07) is 14.6. The van der Waals surface area contributed by atoms with Crippen LogP contribution in [0.5, 0.6) is 0 Å². The van der Waals surface area contributed by atoms with Crippen LogP contribution in [0.1, 0.15) is 31.4 Å². The fraction of sp³-hybridized carbons (Fsp3) is 0.350. The van der Waals surface area contributed by atoms with Gasteiger partial charge in [0.15, 0.2) is 0 Å². The van der Waals surface area contributed by atoms with Crippen LogP contribution in [0, 0.1) is 0 Å². The molecular weight excluding hydrogens is 362 g/mol. The zero-order valence-corrected chi connectivity index (χ0v) is 16.8. The van der Waals surface area contributed by atoms with Gasteiger partial charge in [0.05, 0.1) is 5.75 Å². The Bertz CT molecular complexity index is 847. The molecule has 0 bridgehead atoms. The standard InChI is InChI=1S/C20H27N3O3S/c1-4-14-27(25,26)22-19-12-10-18(11-13-19)21-20(24)23(3)15-17-8-6-16(5-2)7-9-17/h6-13,22H,4-5,14-15H2,1-3H3,(H,21,24). The van der Waals surface area contributed by atoms with Crippen molar-refractivity contribution in [1.82, 2.24) is 4.90 Å². The van der Waals surface area contributed by atoms with E-state index in [9.17, 15) is 13.2 Å². The van der Waals surface area contributed by atoms with Crippen LogP contribution in [0.2, 0.25) is 0 Å². The van der Waals surface area contributed by atoms with Gasteiger partial charge in [-0.3, -0.25) is 4.72 Å². The first-order valence-electron chi connectivity index (χ1n) is 9.03. The molecule has 7 heteroatoms. The predicted molar refractivity (Wildman–Crippen MR) is 110 cm³/mol. The van der Waals surface area contributed by atoms with Gasteiger partial charge in [0.25, 0.3) is 0 Å². The maximum absolute atomic E-state index is 12.3. The summed E-state index contributed by atoms with van der Waals surface area (Å²) in [6.45, 7) is 4.42. The average Bonchev–Trinajstić information content (AvgIpc) is 2.63. The maximum atomic E-state index is 12.3. The Morgan fingerprint density at radius 3 is 2.04 bits per heavy atom. The molecule has 0 saturated carbocycles. The third-order valence-electron chi connectivity index (χ3n) is 4.08. The number of nitrogens with one attached hydrogen (secondary N) is 2. The number of hydrogen-bond acceptors (Lipinski definition) is 3. The van der Waals surface area contributed by atoms with E-state index in [2.05, 4.69) is 29.1 Å². The van der Waals surface area contributed by atoms with Gasteiger partial charge in [-0.2, -0.15) is 0 Å². The minimum Gasteiger partial charge on any atom is -0.323 e. The second-order valence-corrected chi connectivity index (χ2v) is 8.30. The second kappa shape index (κ2) is 9.41. The van der Waals surface area contributed by atoms with E-state index in [1.807, 2.05) is 19.1 Å². The number of rotatable bonds is 8. The Morgan fingerprint density at radius 1 is 0.926 bits per heavy atom. The minimum atomic E-state index is -3.32. The first-order valence-corrected chi connectivity index (χ1v) is 10.7. The number of hydrogen-bond donors (Lipinski definition) is 2. The Balaban J connectivity index is 1.92. The van der Waals surface area contributed by atoms with Crippen molar-refractivity contribution in [1.29, 1.82) is 0 Å². The van der Waals surface area contributed by atoms with Crippen LogP contribution in [-0.4, -0.2) is 32.1 Å². The molecule has 0 aliphatic rings. The van der Waals surface area contributed by atoms with Crippen molar-refractivity contribution in [2.75, 3.05) is 22.8 Å².